The fourth-order valence-corrected chi connectivity index (χ4v) is 2.80. The van der Waals surface area contributed by atoms with Crippen LogP contribution in [0.25, 0.3) is 22.2 Å². The number of aromatic nitrogens is 1. The van der Waals surface area contributed by atoms with Gasteiger partial charge in [-0.15, -0.1) is 0 Å². The Kier molecular flexibility index (Phi) is 3.63. The van der Waals surface area contributed by atoms with Crippen molar-refractivity contribution in [2.24, 2.45) is 5.73 Å². The third-order valence-electron chi connectivity index (χ3n) is 4.02. The molecular formula is C19H18N2O. The number of carbonyl (C=O) groups is 1. The number of primary amides is 1. The van der Waals surface area contributed by atoms with Crippen LogP contribution in [-0.2, 0) is 6.42 Å². The first-order valence-electron chi connectivity index (χ1n) is 7.40. The number of aryl methyl sites for hydroxylation is 1. The van der Waals surface area contributed by atoms with Gasteiger partial charge >= 0.3 is 0 Å². The van der Waals surface area contributed by atoms with E-state index < -0.39 is 5.91 Å². The first-order chi connectivity index (χ1) is 10.6. The highest BCUT2D eigenvalue weighted by Gasteiger charge is 2.16. The number of hydrogen-bond acceptors (Lipinski definition) is 2. The predicted octanol–water partition coefficient (Wildman–Crippen LogP) is 3.87. The van der Waals surface area contributed by atoms with E-state index in [1.54, 1.807) is 0 Å². The number of nitrogens with zero attached hydrogens (tertiary/aromatic N) is 1. The van der Waals surface area contributed by atoms with Crippen LogP contribution in [0, 0.1) is 6.92 Å². The van der Waals surface area contributed by atoms with Crippen LogP contribution in [0.3, 0.4) is 0 Å². The van der Waals surface area contributed by atoms with Gasteiger partial charge in [0.15, 0.2) is 0 Å². The minimum atomic E-state index is -0.414. The fraction of sp³-hybridized carbons (Fsp3) is 0.158. The normalized spacial score (nSPS) is 10.8. The highest BCUT2D eigenvalue weighted by atomic mass is 16.1. The maximum Gasteiger partial charge on any atom is 0.249 e. The van der Waals surface area contributed by atoms with E-state index in [2.05, 4.69) is 19.1 Å². The molecule has 1 heterocycles. The van der Waals surface area contributed by atoms with Crippen LogP contribution in [0.5, 0.6) is 0 Å². The summed E-state index contributed by atoms with van der Waals surface area (Å²) in [6, 6.07) is 15.9. The molecule has 0 fully saturated rings. The van der Waals surface area contributed by atoms with Crippen molar-refractivity contribution in [3.63, 3.8) is 0 Å². The van der Waals surface area contributed by atoms with Crippen molar-refractivity contribution in [3.8, 4) is 11.3 Å². The van der Waals surface area contributed by atoms with Gasteiger partial charge in [0, 0.05) is 10.9 Å². The molecular weight excluding hydrogens is 272 g/mol. The second kappa shape index (κ2) is 5.60. The van der Waals surface area contributed by atoms with E-state index >= 15 is 0 Å². The van der Waals surface area contributed by atoms with E-state index in [1.165, 1.54) is 5.56 Å². The van der Waals surface area contributed by atoms with Gasteiger partial charge in [0.25, 0.3) is 0 Å². The maximum absolute atomic E-state index is 11.9. The Bertz CT molecular complexity index is 851. The van der Waals surface area contributed by atoms with Crippen molar-refractivity contribution >= 4 is 16.8 Å². The summed E-state index contributed by atoms with van der Waals surface area (Å²) in [7, 11) is 0. The quantitative estimate of drug-likeness (QED) is 0.796. The molecule has 3 heteroatoms. The van der Waals surface area contributed by atoms with Crippen molar-refractivity contribution in [2.75, 3.05) is 0 Å². The number of amides is 1. The van der Waals surface area contributed by atoms with Gasteiger partial charge in [-0.05, 0) is 30.5 Å². The molecule has 1 amide bonds. The lowest BCUT2D eigenvalue weighted by atomic mass is 9.97. The molecule has 0 spiro atoms. The average molecular weight is 290 g/mol. The molecule has 3 aromatic rings. The van der Waals surface area contributed by atoms with Crippen LogP contribution in [-0.4, -0.2) is 10.9 Å². The standard InChI is InChI=1S/C19H18N2O/c1-3-13-8-10-14(11-9-13)18-12(2)17(19(20)22)15-6-4-5-7-16(15)21-18/h4-11H,3H2,1-2H3,(H2,20,22). The second-order valence-electron chi connectivity index (χ2n) is 5.39. The number of carbonyl (C=O) groups excluding carboxylic acids is 1. The lowest BCUT2D eigenvalue weighted by Gasteiger charge is -2.12. The minimum absolute atomic E-state index is 0.414. The summed E-state index contributed by atoms with van der Waals surface area (Å²) in [5.41, 5.74) is 10.9. The van der Waals surface area contributed by atoms with Gasteiger partial charge in [-0.2, -0.15) is 0 Å². The topological polar surface area (TPSA) is 56.0 Å². The summed E-state index contributed by atoms with van der Waals surface area (Å²) in [6.45, 7) is 4.03. The molecule has 110 valence electrons. The molecule has 0 saturated heterocycles. The Labute approximate surface area is 129 Å². The van der Waals surface area contributed by atoms with E-state index in [1.807, 2.05) is 43.3 Å². The molecule has 2 N–H and O–H groups in total. The second-order valence-corrected chi connectivity index (χ2v) is 5.39. The van der Waals surface area contributed by atoms with E-state index in [-0.39, 0.29) is 0 Å². The van der Waals surface area contributed by atoms with Crippen LogP contribution < -0.4 is 5.73 Å². The molecule has 0 aliphatic carbocycles. The van der Waals surface area contributed by atoms with Gasteiger partial charge in [-0.25, -0.2) is 4.98 Å². The smallest absolute Gasteiger partial charge is 0.249 e. The Balaban J connectivity index is 2.29. The van der Waals surface area contributed by atoms with Gasteiger partial charge in [0.1, 0.15) is 0 Å². The Morgan fingerprint density at radius 2 is 1.77 bits per heavy atom. The summed E-state index contributed by atoms with van der Waals surface area (Å²) in [5, 5.41) is 0.807. The van der Waals surface area contributed by atoms with Crippen LogP contribution in [0.2, 0.25) is 0 Å². The average Bonchev–Trinajstić information content (AvgIpc) is 2.54. The molecule has 1 aromatic heterocycles. The first kappa shape index (κ1) is 14.3. The number of nitrogens with two attached hydrogens (primary N) is 1. The van der Waals surface area contributed by atoms with E-state index in [9.17, 15) is 4.79 Å². The zero-order valence-electron chi connectivity index (χ0n) is 12.8. The molecule has 3 rings (SSSR count). The number of fused-ring (bicyclic) bond motifs is 1. The number of rotatable bonds is 3. The number of para-hydroxylation sites is 1. The molecule has 0 saturated carbocycles. The molecule has 3 nitrogen and oxygen atoms in total. The zero-order valence-corrected chi connectivity index (χ0v) is 12.8. The third-order valence-corrected chi connectivity index (χ3v) is 4.02. The van der Waals surface area contributed by atoms with Crippen molar-refractivity contribution in [1.82, 2.24) is 4.98 Å². The lowest BCUT2D eigenvalue weighted by molar-refractivity contribution is 0.100. The van der Waals surface area contributed by atoms with Crippen LogP contribution in [0.1, 0.15) is 28.4 Å². The first-order valence-corrected chi connectivity index (χ1v) is 7.40. The Hall–Kier alpha value is -2.68. The Morgan fingerprint density at radius 3 is 2.41 bits per heavy atom. The van der Waals surface area contributed by atoms with Crippen LogP contribution in [0.15, 0.2) is 48.5 Å². The minimum Gasteiger partial charge on any atom is -0.366 e. The predicted molar refractivity (Wildman–Crippen MR) is 89.8 cm³/mol. The van der Waals surface area contributed by atoms with Crippen molar-refractivity contribution in [1.29, 1.82) is 0 Å². The van der Waals surface area contributed by atoms with Crippen molar-refractivity contribution in [2.45, 2.75) is 20.3 Å². The van der Waals surface area contributed by atoms with E-state index in [0.29, 0.717) is 5.56 Å². The van der Waals surface area contributed by atoms with Gasteiger partial charge < -0.3 is 5.73 Å². The van der Waals surface area contributed by atoms with Gasteiger partial charge in [-0.3, -0.25) is 4.79 Å². The number of benzene rings is 2. The fourth-order valence-electron chi connectivity index (χ4n) is 2.80. The molecule has 0 radical (unpaired) electrons. The molecule has 2 aromatic carbocycles. The maximum atomic E-state index is 11.9. The summed E-state index contributed by atoms with van der Waals surface area (Å²) in [6.07, 6.45) is 0.997. The SMILES string of the molecule is CCc1ccc(-c2nc3ccccc3c(C(N)=O)c2C)cc1. The number of pyridine rings is 1. The van der Waals surface area contributed by atoms with Crippen LogP contribution in [0.4, 0.5) is 0 Å². The van der Waals surface area contributed by atoms with Gasteiger partial charge in [-0.1, -0.05) is 49.4 Å². The zero-order chi connectivity index (χ0) is 15.7. The third kappa shape index (κ3) is 2.35. The van der Waals surface area contributed by atoms with E-state index in [0.717, 1.165) is 34.1 Å². The number of hydrogen-bond donors (Lipinski definition) is 1. The summed E-state index contributed by atoms with van der Waals surface area (Å²) < 4.78 is 0. The lowest BCUT2D eigenvalue weighted by Crippen LogP contribution is -2.14. The highest BCUT2D eigenvalue weighted by Crippen LogP contribution is 2.29. The van der Waals surface area contributed by atoms with E-state index in [4.69, 9.17) is 10.7 Å². The summed E-state index contributed by atoms with van der Waals surface area (Å²) in [4.78, 5) is 16.6. The molecule has 0 aliphatic heterocycles. The highest BCUT2D eigenvalue weighted by molar-refractivity contribution is 6.08. The Morgan fingerprint density at radius 1 is 1.09 bits per heavy atom. The van der Waals surface area contributed by atoms with Gasteiger partial charge in [0.05, 0.1) is 16.8 Å². The molecule has 22 heavy (non-hydrogen) atoms. The molecule has 0 aliphatic rings. The monoisotopic (exact) mass is 290 g/mol. The van der Waals surface area contributed by atoms with Gasteiger partial charge in [0.2, 0.25) is 5.91 Å². The largest absolute Gasteiger partial charge is 0.366 e. The van der Waals surface area contributed by atoms with Crippen molar-refractivity contribution in [3.05, 3.63) is 65.2 Å². The van der Waals surface area contributed by atoms with Crippen LogP contribution >= 0.6 is 0 Å². The molecule has 0 bridgehead atoms. The van der Waals surface area contributed by atoms with Crippen molar-refractivity contribution < 1.29 is 4.79 Å². The summed E-state index contributed by atoms with van der Waals surface area (Å²) >= 11 is 0. The molecule has 0 unspecified atom stereocenters. The molecule has 0 atom stereocenters. The summed E-state index contributed by atoms with van der Waals surface area (Å²) in [5.74, 6) is -0.414.